The van der Waals surface area contributed by atoms with Gasteiger partial charge in [-0.3, -0.25) is 4.79 Å². The lowest BCUT2D eigenvalue weighted by Crippen LogP contribution is -2.26. The third-order valence-corrected chi connectivity index (χ3v) is 3.31. The number of carbonyl (C=O) groups excluding carboxylic acids is 1. The van der Waals surface area contributed by atoms with Crippen LogP contribution in [-0.4, -0.2) is 25.8 Å². The fourth-order valence-electron chi connectivity index (χ4n) is 2.14. The third kappa shape index (κ3) is 6.83. The molecule has 0 saturated heterocycles. The standard InChI is InChI=1S/C17H26O3/c1-3-4-6-11-16(18)17(20-14-19-2)13-12-15-9-7-5-8-10-15/h5,7-10,17H,3-4,6,11-14H2,1-2H3. The zero-order valence-electron chi connectivity index (χ0n) is 12.6. The second-order valence-electron chi connectivity index (χ2n) is 5.01. The number of aryl methyl sites for hydroxylation is 1. The smallest absolute Gasteiger partial charge is 0.161 e. The highest BCUT2D eigenvalue weighted by Crippen LogP contribution is 2.12. The molecule has 0 aromatic heterocycles. The van der Waals surface area contributed by atoms with Crippen LogP contribution in [0.2, 0.25) is 0 Å². The molecule has 0 fully saturated rings. The Morgan fingerprint density at radius 2 is 1.95 bits per heavy atom. The summed E-state index contributed by atoms with van der Waals surface area (Å²) in [6, 6.07) is 10.2. The summed E-state index contributed by atoms with van der Waals surface area (Å²) in [5, 5.41) is 0. The first kappa shape index (κ1) is 16.9. The van der Waals surface area contributed by atoms with E-state index in [9.17, 15) is 4.79 Å². The topological polar surface area (TPSA) is 35.5 Å². The van der Waals surface area contributed by atoms with Gasteiger partial charge in [-0.25, -0.2) is 0 Å². The molecule has 1 aromatic carbocycles. The predicted octanol–water partition coefficient (Wildman–Crippen LogP) is 3.76. The van der Waals surface area contributed by atoms with Crippen molar-refractivity contribution < 1.29 is 14.3 Å². The van der Waals surface area contributed by atoms with Crippen LogP contribution in [0.3, 0.4) is 0 Å². The average Bonchev–Trinajstić information content (AvgIpc) is 2.48. The van der Waals surface area contributed by atoms with Crippen molar-refractivity contribution in [2.75, 3.05) is 13.9 Å². The van der Waals surface area contributed by atoms with E-state index in [1.165, 1.54) is 5.56 Å². The Bertz CT molecular complexity index is 362. The molecule has 0 amide bonds. The zero-order valence-corrected chi connectivity index (χ0v) is 12.6. The Balaban J connectivity index is 2.44. The maximum Gasteiger partial charge on any atom is 0.161 e. The molecule has 3 nitrogen and oxygen atoms in total. The minimum atomic E-state index is -0.341. The number of unbranched alkanes of at least 4 members (excludes halogenated alkanes) is 2. The molecule has 0 radical (unpaired) electrons. The number of benzene rings is 1. The largest absolute Gasteiger partial charge is 0.359 e. The SMILES string of the molecule is CCCCCC(=O)C(CCc1ccccc1)OCOC. The van der Waals surface area contributed by atoms with Gasteiger partial charge < -0.3 is 9.47 Å². The number of Topliss-reactive ketones (excluding diaryl/α,β-unsaturated/α-hetero) is 1. The molecule has 0 aliphatic heterocycles. The lowest BCUT2D eigenvalue weighted by molar-refractivity contribution is -0.140. The minimum Gasteiger partial charge on any atom is -0.359 e. The van der Waals surface area contributed by atoms with Gasteiger partial charge in [-0.05, 0) is 24.8 Å². The molecule has 112 valence electrons. The Morgan fingerprint density at radius 1 is 1.20 bits per heavy atom. The summed E-state index contributed by atoms with van der Waals surface area (Å²) in [7, 11) is 1.58. The van der Waals surface area contributed by atoms with Crippen LogP contribution in [0.4, 0.5) is 0 Å². The molecule has 0 saturated carbocycles. The van der Waals surface area contributed by atoms with Crippen molar-refractivity contribution >= 4 is 5.78 Å². The highest BCUT2D eigenvalue weighted by Gasteiger charge is 2.18. The molecule has 1 atom stereocenters. The molecule has 1 rings (SSSR count). The molecule has 0 N–H and O–H groups in total. The van der Waals surface area contributed by atoms with Crippen LogP contribution in [0.15, 0.2) is 30.3 Å². The van der Waals surface area contributed by atoms with Crippen molar-refractivity contribution in [1.29, 1.82) is 0 Å². The van der Waals surface area contributed by atoms with Crippen LogP contribution in [0, 0.1) is 0 Å². The van der Waals surface area contributed by atoms with Gasteiger partial charge in [0.1, 0.15) is 12.9 Å². The summed E-state index contributed by atoms with van der Waals surface area (Å²) in [6.45, 7) is 2.32. The molecule has 1 unspecified atom stereocenters. The number of hydrogen-bond donors (Lipinski definition) is 0. The first-order valence-electron chi connectivity index (χ1n) is 7.45. The number of carbonyl (C=O) groups is 1. The van der Waals surface area contributed by atoms with Gasteiger partial charge in [-0.15, -0.1) is 0 Å². The van der Waals surface area contributed by atoms with Crippen LogP contribution < -0.4 is 0 Å². The van der Waals surface area contributed by atoms with E-state index < -0.39 is 0 Å². The van der Waals surface area contributed by atoms with Crippen molar-refractivity contribution in [1.82, 2.24) is 0 Å². The number of ether oxygens (including phenoxy) is 2. The second-order valence-corrected chi connectivity index (χ2v) is 5.01. The molecule has 3 heteroatoms. The van der Waals surface area contributed by atoms with Gasteiger partial charge in [0.2, 0.25) is 0 Å². The van der Waals surface area contributed by atoms with Crippen LogP contribution in [-0.2, 0) is 20.7 Å². The lowest BCUT2D eigenvalue weighted by atomic mass is 10.0. The Labute approximate surface area is 122 Å². The van der Waals surface area contributed by atoms with Crippen LogP contribution in [0.25, 0.3) is 0 Å². The number of ketones is 1. The summed E-state index contributed by atoms with van der Waals surface area (Å²) in [5.41, 5.74) is 1.24. The van der Waals surface area contributed by atoms with Gasteiger partial charge in [0.25, 0.3) is 0 Å². The van der Waals surface area contributed by atoms with Gasteiger partial charge in [-0.1, -0.05) is 50.1 Å². The number of rotatable bonds is 11. The van der Waals surface area contributed by atoms with Crippen LogP contribution in [0.5, 0.6) is 0 Å². The summed E-state index contributed by atoms with van der Waals surface area (Å²) in [6.07, 6.45) is 5.02. The van der Waals surface area contributed by atoms with Crippen LogP contribution >= 0.6 is 0 Å². The summed E-state index contributed by atoms with van der Waals surface area (Å²) in [4.78, 5) is 12.2. The van der Waals surface area contributed by atoms with E-state index in [4.69, 9.17) is 9.47 Å². The molecule has 0 aliphatic rings. The molecule has 0 spiro atoms. The molecular formula is C17H26O3. The lowest BCUT2D eigenvalue weighted by Gasteiger charge is -2.16. The fraction of sp³-hybridized carbons (Fsp3) is 0.588. The van der Waals surface area contributed by atoms with Gasteiger partial charge >= 0.3 is 0 Å². The van der Waals surface area contributed by atoms with E-state index in [2.05, 4.69) is 19.1 Å². The van der Waals surface area contributed by atoms with Crippen molar-refractivity contribution in [2.24, 2.45) is 0 Å². The zero-order chi connectivity index (χ0) is 14.6. The predicted molar refractivity (Wildman–Crippen MR) is 80.7 cm³/mol. The van der Waals surface area contributed by atoms with E-state index in [-0.39, 0.29) is 18.7 Å². The summed E-state index contributed by atoms with van der Waals surface area (Å²) >= 11 is 0. The first-order valence-corrected chi connectivity index (χ1v) is 7.45. The van der Waals surface area contributed by atoms with E-state index in [0.29, 0.717) is 6.42 Å². The number of hydrogen-bond acceptors (Lipinski definition) is 3. The highest BCUT2D eigenvalue weighted by atomic mass is 16.7. The Kier molecular flexibility index (Phi) is 8.92. The quantitative estimate of drug-likeness (QED) is 0.457. The van der Waals surface area contributed by atoms with E-state index >= 15 is 0 Å². The van der Waals surface area contributed by atoms with Gasteiger partial charge in [0.05, 0.1) is 0 Å². The fourth-order valence-corrected chi connectivity index (χ4v) is 2.14. The highest BCUT2D eigenvalue weighted by molar-refractivity contribution is 5.83. The Morgan fingerprint density at radius 3 is 2.60 bits per heavy atom. The normalized spacial score (nSPS) is 12.3. The van der Waals surface area contributed by atoms with Crippen molar-refractivity contribution in [3.05, 3.63) is 35.9 Å². The van der Waals surface area contributed by atoms with E-state index in [1.807, 2.05) is 18.2 Å². The molecule has 0 bridgehead atoms. The summed E-state index contributed by atoms with van der Waals surface area (Å²) in [5.74, 6) is 0.200. The first-order chi connectivity index (χ1) is 9.77. The van der Waals surface area contributed by atoms with Gasteiger partial charge in [0, 0.05) is 13.5 Å². The maximum atomic E-state index is 12.2. The molecule has 20 heavy (non-hydrogen) atoms. The monoisotopic (exact) mass is 278 g/mol. The molecule has 1 aromatic rings. The van der Waals surface area contributed by atoms with Gasteiger partial charge in [0.15, 0.2) is 5.78 Å². The van der Waals surface area contributed by atoms with Crippen molar-refractivity contribution in [3.8, 4) is 0 Å². The molecule has 0 heterocycles. The second kappa shape index (κ2) is 10.6. The molecule has 0 aliphatic carbocycles. The van der Waals surface area contributed by atoms with E-state index in [0.717, 1.165) is 32.1 Å². The maximum absolute atomic E-state index is 12.2. The Hall–Kier alpha value is -1.19. The van der Waals surface area contributed by atoms with E-state index in [1.54, 1.807) is 7.11 Å². The van der Waals surface area contributed by atoms with Crippen molar-refractivity contribution in [2.45, 2.75) is 51.6 Å². The number of methoxy groups -OCH3 is 1. The minimum absolute atomic E-state index is 0.180. The van der Waals surface area contributed by atoms with Gasteiger partial charge in [-0.2, -0.15) is 0 Å². The summed E-state index contributed by atoms with van der Waals surface area (Å²) < 4.78 is 10.5. The van der Waals surface area contributed by atoms with Crippen LogP contribution in [0.1, 0.15) is 44.6 Å². The molecular weight excluding hydrogens is 252 g/mol. The third-order valence-electron chi connectivity index (χ3n) is 3.31. The van der Waals surface area contributed by atoms with Crippen molar-refractivity contribution in [3.63, 3.8) is 0 Å². The average molecular weight is 278 g/mol.